The summed E-state index contributed by atoms with van der Waals surface area (Å²) in [5, 5.41) is 4.66. The van der Waals surface area contributed by atoms with Crippen LogP contribution in [0.25, 0.3) is 5.69 Å². The van der Waals surface area contributed by atoms with Crippen molar-refractivity contribution in [2.75, 3.05) is 20.1 Å². The molecule has 2 aliphatic heterocycles. The Morgan fingerprint density at radius 1 is 1.11 bits per heavy atom. The van der Waals surface area contributed by atoms with Gasteiger partial charge in [-0.15, -0.1) is 0 Å². The normalized spacial score (nSPS) is 18.9. The SMILES string of the molecule is Cc1nn(-c2ccccc2)c(C)c1CC(=O)N1CCC2(CCC(=O)N2C)CC1. The summed E-state index contributed by atoms with van der Waals surface area (Å²) in [5.74, 6) is 0.389. The number of carbonyl (C=O) groups is 2. The minimum Gasteiger partial charge on any atom is -0.342 e. The van der Waals surface area contributed by atoms with E-state index < -0.39 is 0 Å². The van der Waals surface area contributed by atoms with Gasteiger partial charge in [0.15, 0.2) is 0 Å². The minimum absolute atomic E-state index is 0.0299. The molecule has 2 fully saturated rings. The quantitative estimate of drug-likeness (QED) is 0.823. The van der Waals surface area contributed by atoms with Gasteiger partial charge in [-0.3, -0.25) is 9.59 Å². The maximum Gasteiger partial charge on any atom is 0.227 e. The van der Waals surface area contributed by atoms with Crippen LogP contribution in [0.5, 0.6) is 0 Å². The van der Waals surface area contributed by atoms with Crippen molar-refractivity contribution in [2.45, 2.75) is 51.5 Å². The maximum atomic E-state index is 13.0. The summed E-state index contributed by atoms with van der Waals surface area (Å²) in [6.07, 6.45) is 3.70. The van der Waals surface area contributed by atoms with E-state index in [1.807, 2.05) is 65.7 Å². The summed E-state index contributed by atoms with van der Waals surface area (Å²) < 4.78 is 1.92. The molecule has 2 amide bonds. The lowest BCUT2D eigenvalue weighted by molar-refractivity contribution is -0.135. The Balaban J connectivity index is 1.45. The molecule has 28 heavy (non-hydrogen) atoms. The molecule has 0 atom stereocenters. The molecule has 6 heteroatoms. The van der Waals surface area contributed by atoms with E-state index in [-0.39, 0.29) is 17.4 Å². The van der Waals surface area contributed by atoms with Gasteiger partial charge in [0.25, 0.3) is 0 Å². The first-order valence-corrected chi connectivity index (χ1v) is 10.1. The highest BCUT2D eigenvalue weighted by atomic mass is 16.2. The number of amides is 2. The van der Waals surface area contributed by atoms with Crippen molar-refractivity contribution < 1.29 is 9.59 Å². The van der Waals surface area contributed by atoms with Crippen LogP contribution in [0.15, 0.2) is 30.3 Å². The first-order valence-electron chi connectivity index (χ1n) is 10.1. The third kappa shape index (κ3) is 3.11. The zero-order valence-electron chi connectivity index (χ0n) is 16.9. The first-order chi connectivity index (χ1) is 13.4. The van der Waals surface area contributed by atoms with Gasteiger partial charge in [-0.05, 0) is 45.2 Å². The van der Waals surface area contributed by atoms with Crippen molar-refractivity contribution >= 4 is 11.8 Å². The zero-order valence-corrected chi connectivity index (χ0v) is 16.9. The van der Waals surface area contributed by atoms with Gasteiger partial charge in [-0.25, -0.2) is 4.68 Å². The molecule has 148 valence electrons. The smallest absolute Gasteiger partial charge is 0.227 e. The summed E-state index contributed by atoms with van der Waals surface area (Å²) in [6.45, 7) is 5.45. The van der Waals surface area contributed by atoms with Crippen molar-refractivity contribution in [3.8, 4) is 5.69 Å². The average Bonchev–Trinajstić information content (AvgIpc) is 3.15. The van der Waals surface area contributed by atoms with E-state index in [2.05, 4.69) is 5.10 Å². The third-order valence-electron chi connectivity index (χ3n) is 6.71. The maximum absolute atomic E-state index is 13.0. The molecule has 0 unspecified atom stereocenters. The molecule has 1 spiro atoms. The number of aryl methyl sites for hydroxylation is 1. The number of para-hydroxylation sites is 1. The molecule has 4 rings (SSSR count). The van der Waals surface area contributed by atoms with Crippen molar-refractivity contribution in [3.63, 3.8) is 0 Å². The number of nitrogens with zero attached hydrogens (tertiary/aromatic N) is 4. The standard InChI is InChI=1S/C22H28N4O2/c1-16-19(17(2)26(23-16)18-7-5-4-6-8-18)15-21(28)25-13-11-22(12-14-25)10-9-20(27)24(22)3/h4-8H,9-15H2,1-3H3. The molecule has 3 heterocycles. The van der Waals surface area contributed by atoms with Crippen LogP contribution in [0.3, 0.4) is 0 Å². The second kappa shape index (κ2) is 7.08. The predicted molar refractivity (Wildman–Crippen MR) is 107 cm³/mol. The zero-order chi connectivity index (χ0) is 19.9. The molecule has 0 radical (unpaired) electrons. The highest BCUT2D eigenvalue weighted by Gasteiger charge is 2.45. The monoisotopic (exact) mass is 380 g/mol. The molecular weight excluding hydrogens is 352 g/mol. The van der Waals surface area contributed by atoms with E-state index in [0.29, 0.717) is 12.8 Å². The Hall–Kier alpha value is -2.63. The van der Waals surface area contributed by atoms with Crippen LogP contribution in [0, 0.1) is 13.8 Å². The molecule has 2 saturated heterocycles. The fourth-order valence-electron chi connectivity index (χ4n) is 4.71. The molecule has 0 bridgehead atoms. The number of benzene rings is 1. The molecule has 0 aliphatic carbocycles. The van der Waals surface area contributed by atoms with E-state index in [9.17, 15) is 9.59 Å². The number of carbonyl (C=O) groups excluding carboxylic acids is 2. The van der Waals surface area contributed by atoms with Crippen molar-refractivity contribution in [3.05, 3.63) is 47.3 Å². The number of hydrogen-bond donors (Lipinski definition) is 0. The Morgan fingerprint density at radius 2 is 1.79 bits per heavy atom. The first kappa shape index (κ1) is 18.7. The number of aromatic nitrogens is 2. The fourth-order valence-corrected chi connectivity index (χ4v) is 4.71. The summed E-state index contributed by atoms with van der Waals surface area (Å²) in [7, 11) is 1.91. The number of piperidine rings is 1. The Kier molecular flexibility index (Phi) is 4.73. The van der Waals surface area contributed by atoms with Crippen molar-refractivity contribution in [1.82, 2.24) is 19.6 Å². The van der Waals surface area contributed by atoms with Crippen LogP contribution < -0.4 is 0 Å². The Morgan fingerprint density at radius 3 is 2.39 bits per heavy atom. The summed E-state index contributed by atoms with van der Waals surface area (Å²) in [6, 6.07) is 10.0. The molecule has 2 aliphatic rings. The Labute approximate surface area is 166 Å². The molecule has 0 N–H and O–H groups in total. The number of rotatable bonds is 3. The summed E-state index contributed by atoms with van der Waals surface area (Å²) >= 11 is 0. The van der Waals surface area contributed by atoms with Gasteiger partial charge in [0.2, 0.25) is 11.8 Å². The number of hydrogen-bond acceptors (Lipinski definition) is 3. The molecule has 6 nitrogen and oxygen atoms in total. The van der Waals surface area contributed by atoms with Gasteiger partial charge in [0.05, 0.1) is 17.8 Å². The highest BCUT2D eigenvalue weighted by molar-refractivity contribution is 5.81. The predicted octanol–water partition coefficient (Wildman–Crippen LogP) is 2.65. The van der Waals surface area contributed by atoms with Gasteiger partial charge in [-0.2, -0.15) is 5.10 Å². The lowest BCUT2D eigenvalue weighted by Gasteiger charge is -2.43. The van der Waals surface area contributed by atoms with Gasteiger partial charge in [0.1, 0.15) is 0 Å². The molecule has 2 aromatic rings. The van der Waals surface area contributed by atoms with Gasteiger partial charge >= 0.3 is 0 Å². The largest absolute Gasteiger partial charge is 0.342 e. The van der Waals surface area contributed by atoms with Gasteiger partial charge < -0.3 is 9.80 Å². The summed E-state index contributed by atoms with van der Waals surface area (Å²) in [5.41, 5.74) is 3.92. The Bertz CT molecular complexity index is 895. The van der Waals surface area contributed by atoms with Crippen molar-refractivity contribution in [1.29, 1.82) is 0 Å². The number of likely N-dealkylation sites (tertiary alicyclic amines) is 2. The van der Waals surface area contributed by atoms with E-state index in [1.165, 1.54) is 0 Å². The molecule has 1 aromatic carbocycles. The fraction of sp³-hybridized carbons (Fsp3) is 0.500. The van der Waals surface area contributed by atoms with Crippen LogP contribution in [0.2, 0.25) is 0 Å². The van der Waals surface area contributed by atoms with E-state index >= 15 is 0 Å². The summed E-state index contributed by atoms with van der Waals surface area (Å²) in [4.78, 5) is 28.8. The van der Waals surface area contributed by atoms with Crippen LogP contribution in [0.1, 0.15) is 42.6 Å². The van der Waals surface area contributed by atoms with Crippen molar-refractivity contribution in [2.24, 2.45) is 0 Å². The highest BCUT2D eigenvalue weighted by Crippen LogP contribution is 2.38. The average molecular weight is 380 g/mol. The van der Waals surface area contributed by atoms with E-state index in [1.54, 1.807) is 0 Å². The lowest BCUT2D eigenvalue weighted by atomic mass is 9.85. The van der Waals surface area contributed by atoms with Gasteiger partial charge in [0, 0.05) is 43.4 Å². The third-order valence-corrected chi connectivity index (χ3v) is 6.71. The van der Waals surface area contributed by atoms with Gasteiger partial charge in [-0.1, -0.05) is 18.2 Å². The second-order valence-electron chi connectivity index (χ2n) is 8.13. The van der Waals surface area contributed by atoms with Crippen LogP contribution in [-0.2, 0) is 16.0 Å². The van der Waals surface area contributed by atoms with Crippen LogP contribution in [-0.4, -0.2) is 57.1 Å². The molecule has 0 saturated carbocycles. The second-order valence-corrected chi connectivity index (χ2v) is 8.13. The van der Waals surface area contributed by atoms with E-state index in [0.717, 1.165) is 55.0 Å². The lowest BCUT2D eigenvalue weighted by Crippen LogP contribution is -2.53. The van der Waals surface area contributed by atoms with E-state index in [4.69, 9.17) is 0 Å². The molecule has 1 aromatic heterocycles. The van der Waals surface area contributed by atoms with Crippen LogP contribution in [0.4, 0.5) is 0 Å². The molecular formula is C22H28N4O2. The topological polar surface area (TPSA) is 58.4 Å². The minimum atomic E-state index is -0.0299. The van der Waals surface area contributed by atoms with Crippen LogP contribution >= 0.6 is 0 Å².